The molecular formula is C32H38N2O4. The first-order chi connectivity index (χ1) is 18.5. The van der Waals surface area contributed by atoms with E-state index < -0.39 is 6.04 Å². The van der Waals surface area contributed by atoms with Crippen molar-refractivity contribution in [1.29, 1.82) is 0 Å². The highest BCUT2D eigenvalue weighted by Gasteiger charge is 2.30. The molecule has 1 aliphatic rings. The molecule has 1 heterocycles. The van der Waals surface area contributed by atoms with Gasteiger partial charge >= 0.3 is 0 Å². The van der Waals surface area contributed by atoms with E-state index in [1.54, 1.807) is 4.90 Å². The zero-order chi connectivity index (χ0) is 26.7. The smallest absolute Gasteiger partial charge is 0.243 e. The highest BCUT2D eigenvalue weighted by atomic mass is 16.6. The quantitative estimate of drug-likeness (QED) is 0.335. The summed E-state index contributed by atoms with van der Waals surface area (Å²) in [5, 5.41) is 3.08. The summed E-state index contributed by atoms with van der Waals surface area (Å²) >= 11 is 0. The fourth-order valence-electron chi connectivity index (χ4n) is 4.67. The van der Waals surface area contributed by atoms with Crippen molar-refractivity contribution in [2.24, 2.45) is 0 Å². The number of amides is 2. The third-order valence-corrected chi connectivity index (χ3v) is 6.94. The summed E-state index contributed by atoms with van der Waals surface area (Å²) in [6, 6.07) is 23.2. The maximum absolute atomic E-state index is 13.9. The molecule has 0 spiro atoms. The monoisotopic (exact) mass is 514 g/mol. The average molecular weight is 515 g/mol. The second-order valence-electron chi connectivity index (χ2n) is 9.78. The molecule has 2 amide bonds. The third kappa shape index (κ3) is 7.37. The fraction of sp³-hybridized carbons (Fsp3) is 0.375. The van der Waals surface area contributed by atoms with Crippen LogP contribution in [-0.4, -0.2) is 42.5 Å². The number of rotatable bonds is 12. The zero-order valence-corrected chi connectivity index (χ0v) is 22.4. The van der Waals surface area contributed by atoms with Crippen LogP contribution in [0.5, 0.6) is 11.5 Å². The van der Waals surface area contributed by atoms with E-state index in [0.29, 0.717) is 45.6 Å². The molecule has 3 aromatic carbocycles. The Morgan fingerprint density at radius 2 is 1.66 bits per heavy atom. The van der Waals surface area contributed by atoms with Gasteiger partial charge in [0, 0.05) is 25.9 Å². The van der Waals surface area contributed by atoms with Gasteiger partial charge in [-0.2, -0.15) is 0 Å². The SMILES string of the molecule is CCCCNC(=O)[C@@H](Cc1ccccc1)N(Cc1ccccc1C)C(=O)CCc1ccc2c(c1)OCCO2. The number of aryl methyl sites for hydroxylation is 2. The molecule has 0 fully saturated rings. The van der Waals surface area contributed by atoms with Gasteiger partial charge in [0.1, 0.15) is 19.3 Å². The molecule has 0 aromatic heterocycles. The van der Waals surface area contributed by atoms with Crippen LogP contribution in [0.25, 0.3) is 0 Å². The molecule has 0 unspecified atom stereocenters. The largest absolute Gasteiger partial charge is 0.486 e. The summed E-state index contributed by atoms with van der Waals surface area (Å²) in [6.45, 7) is 6.19. The Kier molecular flexibility index (Phi) is 9.79. The minimum absolute atomic E-state index is 0.0466. The predicted octanol–water partition coefficient (Wildman–Crippen LogP) is 5.26. The first kappa shape index (κ1) is 27.2. The summed E-state index contributed by atoms with van der Waals surface area (Å²) < 4.78 is 11.3. The van der Waals surface area contributed by atoms with Crippen molar-refractivity contribution in [2.45, 2.75) is 58.5 Å². The molecule has 1 N–H and O–H groups in total. The van der Waals surface area contributed by atoms with E-state index in [1.807, 2.05) is 79.7 Å². The highest BCUT2D eigenvalue weighted by molar-refractivity contribution is 5.88. The summed E-state index contributed by atoms with van der Waals surface area (Å²) in [5.41, 5.74) is 4.17. The number of carbonyl (C=O) groups excluding carboxylic acids is 2. The van der Waals surface area contributed by atoms with E-state index in [9.17, 15) is 9.59 Å². The van der Waals surface area contributed by atoms with Gasteiger partial charge in [-0.3, -0.25) is 9.59 Å². The first-order valence-corrected chi connectivity index (χ1v) is 13.6. The first-order valence-electron chi connectivity index (χ1n) is 13.6. The second-order valence-corrected chi connectivity index (χ2v) is 9.78. The lowest BCUT2D eigenvalue weighted by molar-refractivity contribution is -0.141. The molecule has 4 rings (SSSR count). The van der Waals surface area contributed by atoms with Gasteiger partial charge in [-0.25, -0.2) is 0 Å². The molecule has 0 bridgehead atoms. The maximum Gasteiger partial charge on any atom is 0.243 e. The Bertz CT molecular complexity index is 1210. The molecule has 0 radical (unpaired) electrons. The summed E-state index contributed by atoms with van der Waals surface area (Å²) in [7, 11) is 0. The van der Waals surface area contributed by atoms with Crippen molar-refractivity contribution in [3.63, 3.8) is 0 Å². The molecule has 6 nitrogen and oxygen atoms in total. The Hall–Kier alpha value is -3.80. The molecule has 0 saturated carbocycles. The fourth-order valence-corrected chi connectivity index (χ4v) is 4.67. The molecule has 1 aliphatic heterocycles. The maximum atomic E-state index is 13.9. The number of nitrogens with one attached hydrogen (secondary N) is 1. The van der Waals surface area contributed by atoms with Gasteiger partial charge < -0.3 is 19.7 Å². The number of carbonyl (C=O) groups is 2. The van der Waals surface area contributed by atoms with Gasteiger partial charge in [0.15, 0.2) is 11.5 Å². The molecular weight excluding hydrogens is 476 g/mol. The van der Waals surface area contributed by atoms with Crippen LogP contribution in [0, 0.1) is 6.92 Å². The standard InChI is InChI=1S/C32H38N2O4/c1-3-4-18-33-32(36)28(21-25-11-6-5-7-12-25)34(23-27-13-9-8-10-24(27)2)31(35)17-15-26-14-16-29-30(22-26)38-20-19-37-29/h5-14,16,22,28H,3-4,15,17-21,23H2,1-2H3,(H,33,36)/t28-/m1/s1. The lowest BCUT2D eigenvalue weighted by Gasteiger charge is -2.32. The van der Waals surface area contributed by atoms with Gasteiger partial charge in [-0.05, 0) is 54.2 Å². The lowest BCUT2D eigenvalue weighted by Crippen LogP contribution is -2.50. The second kappa shape index (κ2) is 13.7. The van der Waals surface area contributed by atoms with E-state index in [1.165, 1.54) is 0 Å². The van der Waals surface area contributed by atoms with Crippen LogP contribution in [-0.2, 0) is 29.0 Å². The molecule has 6 heteroatoms. The molecule has 1 atom stereocenters. The number of unbranched alkanes of at least 4 members (excludes halogenated alkanes) is 1. The predicted molar refractivity (Wildman–Crippen MR) is 149 cm³/mol. The average Bonchev–Trinajstić information content (AvgIpc) is 2.95. The number of hydrogen-bond donors (Lipinski definition) is 1. The van der Waals surface area contributed by atoms with Gasteiger partial charge in [-0.1, -0.05) is 74.0 Å². The van der Waals surface area contributed by atoms with Gasteiger partial charge in [0.05, 0.1) is 0 Å². The van der Waals surface area contributed by atoms with Crippen molar-refractivity contribution in [3.05, 3.63) is 95.1 Å². The molecule has 0 saturated heterocycles. The number of fused-ring (bicyclic) bond motifs is 1. The van der Waals surface area contributed by atoms with Crippen LogP contribution in [0.1, 0.15) is 48.4 Å². The third-order valence-electron chi connectivity index (χ3n) is 6.94. The summed E-state index contributed by atoms with van der Waals surface area (Å²) in [5.74, 6) is 1.30. The lowest BCUT2D eigenvalue weighted by atomic mass is 10.00. The number of benzene rings is 3. The van der Waals surface area contributed by atoms with Crippen LogP contribution < -0.4 is 14.8 Å². The zero-order valence-electron chi connectivity index (χ0n) is 22.4. The topological polar surface area (TPSA) is 67.9 Å². The molecule has 38 heavy (non-hydrogen) atoms. The molecule has 200 valence electrons. The minimum Gasteiger partial charge on any atom is -0.486 e. The van der Waals surface area contributed by atoms with Crippen LogP contribution >= 0.6 is 0 Å². The Balaban J connectivity index is 1.58. The van der Waals surface area contributed by atoms with E-state index in [2.05, 4.69) is 12.2 Å². The van der Waals surface area contributed by atoms with Crippen molar-refractivity contribution in [2.75, 3.05) is 19.8 Å². The molecule has 3 aromatic rings. The normalized spacial score (nSPS) is 13.0. The number of nitrogens with zero attached hydrogens (tertiary/aromatic N) is 1. The number of hydrogen-bond acceptors (Lipinski definition) is 4. The Morgan fingerprint density at radius 3 is 2.42 bits per heavy atom. The Labute approximate surface area is 226 Å². The van der Waals surface area contributed by atoms with Crippen LogP contribution in [0.2, 0.25) is 0 Å². The van der Waals surface area contributed by atoms with Crippen LogP contribution in [0.3, 0.4) is 0 Å². The number of ether oxygens (including phenoxy) is 2. The van der Waals surface area contributed by atoms with Crippen molar-refractivity contribution in [1.82, 2.24) is 10.2 Å². The molecule has 0 aliphatic carbocycles. The van der Waals surface area contributed by atoms with Crippen molar-refractivity contribution < 1.29 is 19.1 Å². The Morgan fingerprint density at radius 1 is 0.921 bits per heavy atom. The summed E-state index contributed by atoms with van der Waals surface area (Å²) in [6.07, 6.45) is 3.19. The minimum atomic E-state index is -0.610. The van der Waals surface area contributed by atoms with E-state index in [-0.39, 0.29) is 11.8 Å². The highest BCUT2D eigenvalue weighted by Crippen LogP contribution is 2.31. The van der Waals surface area contributed by atoms with Crippen LogP contribution in [0.15, 0.2) is 72.8 Å². The van der Waals surface area contributed by atoms with E-state index in [4.69, 9.17) is 9.47 Å². The van der Waals surface area contributed by atoms with E-state index in [0.717, 1.165) is 46.6 Å². The van der Waals surface area contributed by atoms with E-state index >= 15 is 0 Å². The van der Waals surface area contributed by atoms with Crippen molar-refractivity contribution >= 4 is 11.8 Å². The van der Waals surface area contributed by atoms with Crippen LogP contribution in [0.4, 0.5) is 0 Å². The van der Waals surface area contributed by atoms with Crippen molar-refractivity contribution in [3.8, 4) is 11.5 Å². The van der Waals surface area contributed by atoms with Gasteiger partial charge in [0.25, 0.3) is 0 Å². The summed E-state index contributed by atoms with van der Waals surface area (Å²) in [4.78, 5) is 29.2. The van der Waals surface area contributed by atoms with Gasteiger partial charge in [-0.15, -0.1) is 0 Å². The van der Waals surface area contributed by atoms with Gasteiger partial charge in [0.2, 0.25) is 11.8 Å².